The number of aliphatic hydroxyl groups excluding tert-OH is 1. The second kappa shape index (κ2) is 5.43. The van der Waals surface area contributed by atoms with Gasteiger partial charge in [0.25, 0.3) is 0 Å². The number of rotatable bonds is 1. The fraction of sp³-hybridized carbons (Fsp3) is 0.929. The van der Waals surface area contributed by atoms with Crippen LogP contribution >= 0.6 is 0 Å². The number of carbonyl (C=O) groups excluding carboxylic acids is 1. The first kappa shape index (κ1) is 16.5. The van der Waals surface area contributed by atoms with Gasteiger partial charge in [-0.3, -0.25) is 0 Å². The van der Waals surface area contributed by atoms with Gasteiger partial charge in [-0.25, -0.2) is 13.2 Å². The molecular weight excluding hydrogens is 294 g/mol. The Balaban J connectivity index is 2.07. The van der Waals surface area contributed by atoms with E-state index >= 15 is 0 Å². The summed E-state index contributed by atoms with van der Waals surface area (Å²) < 4.78 is 29.2. The lowest BCUT2D eigenvalue weighted by molar-refractivity contribution is 0.0167. The van der Waals surface area contributed by atoms with Crippen LogP contribution in [-0.4, -0.2) is 60.3 Å². The molecule has 0 aromatic rings. The molecule has 7 heteroatoms. The highest BCUT2D eigenvalue weighted by Gasteiger charge is 2.55. The van der Waals surface area contributed by atoms with Crippen LogP contribution in [0.4, 0.5) is 4.79 Å². The Morgan fingerprint density at radius 2 is 1.90 bits per heavy atom. The van der Waals surface area contributed by atoms with Gasteiger partial charge in [0.1, 0.15) is 5.60 Å². The van der Waals surface area contributed by atoms with Crippen LogP contribution in [0.25, 0.3) is 0 Å². The number of amides is 1. The molecule has 122 valence electrons. The van der Waals surface area contributed by atoms with Crippen LogP contribution in [0.15, 0.2) is 0 Å². The Kier molecular flexibility index (Phi) is 4.28. The summed E-state index contributed by atoms with van der Waals surface area (Å²) in [5.41, 5.74) is -0.556. The smallest absolute Gasteiger partial charge is 0.410 e. The van der Waals surface area contributed by atoms with Gasteiger partial charge in [-0.1, -0.05) is 0 Å². The summed E-state index contributed by atoms with van der Waals surface area (Å²) in [6.45, 7) is 6.04. The van der Waals surface area contributed by atoms with Crippen molar-refractivity contribution in [2.45, 2.75) is 50.4 Å². The maximum atomic E-state index is 12.4. The van der Waals surface area contributed by atoms with E-state index in [1.165, 1.54) is 0 Å². The van der Waals surface area contributed by atoms with Crippen molar-refractivity contribution in [3.8, 4) is 0 Å². The molecule has 2 aliphatic heterocycles. The highest BCUT2D eigenvalue weighted by atomic mass is 32.2. The molecule has 1 N–H and O–H groups in total. The molecule has 0 saturated carbocycles. The van der Waals surface area contributed by atoms with E-state index in [2.05, 4.69) is 0 Å². The third-order valence-corrected chi connectivity index (χ3v) is 7.33. The average Bonchev–Trinajstić information content (AvgIpc) is 2.60. The first-order valence-electron chi connectivity index (χ1n) is 7.42. The van der Waals surface area contributed by atoms with Gasteiger partial charge in [-0.05, 0) is 40.0 Å². The van der Waals surface area contributed by atoms with Crippen LogP contribution in [0.1, 0.15) is 40.0 Å². The molecule has 1 amide bonds. The van der Waals surface area contributed by atoms with Gasteiger partial charge in [0.05, 0.1) is 10.5 Å². The van der Waals surface area contributed by atoms with Gasteiger partial charge in [0.2, 0.25) is 0 Å². The average molecular weight is 319 g/mol. The molecule has 0 bridgehead atoms. The molecule has 2 aliphatic rings. The lowest BCUT2D eigenvalue weighted by Crippen LogP contribution is -2.53. The van der Waals surface area contributed by atoms with Crippen molar-refractivity contribution in [3.05, 3.63) is 0 Å². The van der Waals surface area contributed by atoms with Crippen LogP contribution in [-0.2, 0) is 14.6 Å². The van der Waals surface area contributed by atoms with Crippen LogP contribution in [0.2, 0.25) is 0 Å². The van der Waals surface area contributed by atoms with E-state index in [4.69, 9.17) is 4.74 Å². The summed E-state index contributed by atoms with van der Waals surface area (Å²) in [5, 5.41) is 9.47. The van der Waals surface area contributed by atoms with Crippen molar-refractivity contribution in [3.63, 3.8) is 0 Å². The largest absolute Gasteiger partial charge is 0.444 e. The number of piperidine rings is 1. The zero-order chi connectivity index (χ0) is 15.9. The fourth-order valence-electron chi connectivity index (χ4n) is 3.39. The van der Waals surface area contributed by atoms with E-state index in [0.717, 1.165) is 0 Å². The van der Waals surface area contributed by atoms with Crippen LogP contribution < -0.4 is 0 Å². The summed E-state index contributed by atoms with van der Waals surface area (Å²) in [6.07, 6.45) is 0.901. The molecule has 0 aromatic carbocycles. The van der Waals surface area contributed by atoms with Crippen molar-refractivity contribution in [2.24, 2.45) is 5.92 Å². The van der Waals surface area contributed by atoms with Crippen LogP contribution in [0, 0.1) is 5.92 Å². The van der Waals surface area contributed by atoms with Gasteiger partial charge in [0.15, 0.2) is 9.84 Å². The first-order valence-corrected chi connectivity index (χ1v) is 9.08. The minimum atomic E-state index is -3.19. The summed E-state index contributed by atoms with van der Waals surface area (Å²) in [7, 11) is -3.19. The molecule has 0 aliphatic carbocycles. The molecular formula is C14H25NO5S. The molecule has 2 rings (SSSR count). The Labute approximate surface area is 126 Å². The third kappa shape index (κ3) is 3.04. The Bertz CT molecular complexity index is 500. The topological polar surface area (TPSA) is 83.9 Å². The van der Waals surface area contributed by atoms with E-state index in [9.17, 15) is 18.3 Å². The fourth-order valence-corrected chi connectivity index (χ4v) is 5.90. The number of nitrogens with zero attached hydrogens (tertiary/aromatic N) is 1. The number of ether oxygens (including phenoxy) is 1. The molecule has 2 fully saturated rings. The number of aliphatic hydroxyl groups is 1. The second-order valence-electron chi connectivity index (χ2n) is 7.02. The standard InChI is InChI=1S/C14H25NO5S/c1-13(2,3)20-12(17)15-7-5-14(6-8-15)11(10-16)4-9-21(14,18)19/h11,16H,4-10H2,1-3H3. The SMILES string of the molecule is CC(C)(C)OC(=O)N1CCC2(CC1)C(CO)CCS2(=O)=O. The highest BCUT2D eigenvalue weighted by molar-refractivity contribution is 7.93. The summed E-state index contributed by atoms with van der Waals surface area (Å²) in [4.78, 5) is 13.6. The molecule has 1 atom stereocenters. The van der Waals surface area contributed by atoms with Crippen molar-refractivity contribution < 1.29 is 23.1 Å². The van der Waals surface area contributed by atoms with Crippen molar-refractivity contribution in [1.82, 2.24) is 4.90 Å². The Hall–Kier alpha value is -0.820. The number of hydrogen-bond donors (Lipinski definition) is 1. The lowest BCUT2D eigenvalue weighted by Gasteiger charge is -2.41. The van der Waals surface area contributed by atoms with Gasteiger partial charge < -0.3 is 14.7 Å². The van der Waals surface area contributed by atoms with E-state index in [1.807, 2.05) is 0 Å². The number of likely N-dealkylation sites (tertiary alicyclic amines) is 1. The maximum absolute atomic E-state index is 12.4. The van der Waals surface area contributed by atoms with E-state index < -0.39 is 26.3 Å². The number of carbonyl (C=O) groups is 1. The van der Waals surface area contributed by atoms with Crippen molar-refractivity contribution >= 4 is 15.9 Å². The van der Waals surface area contributed by atoms with Crippen LogP contribution in [0.3, 0.4) is 0 Å². The summed E-state index contributed by atoms with van der Waals surface area (Å²) in [5.74, 6) is -0.0618. The molecule has 6 nitrogen and oxygen atoms in total. The summed E-state index contributed by atoms with van der Waals surface area (Å²) in [6, 6.07) is 0. The quantitative estimate of drug-likeness (QED) is 0.784. The van der Waals surface area contributed by atoms with E-state index in [-0.39, 0.29) is 18.3 Å². The Morgan fingerprint density at radius 3 is 2.38 bits per heavy atom. The maximum Gasteiger partial charge on any atom is 0.410 e. The van der Waals surface area contributed by atoms with Gasteiger partial charge in [0, 0.05) is 25.6 Å². The van der Waals surface area contributed by atoms with Gasteiger partial charge in [-0.15, -0.1) is 0 Å². The molecule has 21 heavy (non-hydrogen) atoms. The molecule has 2 heterocycles. The molecule has 1 unspecified atom stereocenters. The molecule has 1 spiro atoms. The minimum Gasteiger partial charge on any atom is -0.444 e. The zero-order valence-corrected chi connectivity index (χ0v) is 13.8. The number of hydrogen-bond acceptors (Lipinski definition) is 5. The lowest BCUT2D eigenvalue weighted by atomic mass is 9.82. The summed E-state index contributed by atoms with van der Waals surface area (Å²) >= 11 is 0. The minimum absolute atomic E-state index is 0.105. The van der Waals surface area contributed by atoms with Crippen molar-refractivity contribution in [2.75, 3.05) is 25.4 Å². The van der Waals surface area contributed by atoms with Crippen molar-refractivity contribution in [1.29, 1.82) is 0 Å². The zero-order valence-electron chi connectivity index (χ0n) is 13.0. The molecule has 2 saturated heterocycles. The Morgan fingerprint density at radius 1 is 1.33 bits per heavy atom. The normalized spacial score (nSPS) is 27.8. The van der Waals surface area contributed by atoms with E-state index in [1.54, 1.807) is 25.7 Å². The highest BCUT2D eigenvalue weighted by Crippen LogP contribution is 2.45. The van der Waals surface area contributed by atoms with Crippen LogP contribution in [0.5, 0.6) is 0 Å². The number of sulfone groups is 1. The predicted octanol–water partition coefficient (Wildman–Crippen LogP) is 1.18. The second-order valence-corrected chi connectivity index (χ2v) is 9.47. The first-order chi connectivity index (χ1) is 9.61. The third-order valence-electron chi connectivity index (χ3n) is 4.58. The monoisotopic (exact) mass is 319 g/mol. The van der Waals surface area contributed by atoms with Gasteiger partial charge in [-0.2, -0.15) is 0 Å². The molecule has 0 aromatic heterocycles. The van der Waals surface area contributed by atoms with Gasteiger partial charge >= 0.3 is 6.09 Å². The predicted molar refractivity (Wildman–Crippen MR) is 78.8 cm³/mol. The van der Waals surface area contributed by atoms with E-state index in [0.29, 0.717) is 32.4 Å². The molecule has 0 radical (unpaired) electrons.